The normalized spacial score (nSPS) is 21.5. The lowest BCUT2D eigenvalue weighted by molar-refractivity contribution is -0.125. The Morgan fingerprint density at radius 1 is 1.17 bits per heavy atom. The molecule has 2 aliphatic rings. The number of benzene rings is 1. The van der Waals surface area contributed by atoms with E-state index in [9.17, 15) is 9.59 Å². The molecule has 0 N–H and O–H groups in total. The molecule has 1 aromatic rings. The highest BCUT2D eigenvalue weighted by Gasteiger charge is 2.36. The highest BCUT2D eigenvalue weighted by atomic mass is 35.5. The molecule has 0 spiro atoms. The van der Waals surface area contributed by atoms with Crippen molar-refractivity contribution in [2.75, 3.05) is 33.0 Å². The number of morpholine rings is 1. The molecule has 0 bridgehead atoms. The minimum atomic E-state index is -0.317. The van der Waals surface area contributed by atoms with Gasteiger partial charge in [-0.3, -0.25) is 19.4 Å². The summed E-state index contributed by atoms with van der Waals surface area (Å²) in [5, 5.41) is 0.603. The van der Waals surface area contributed by atoms with E-state index in [0.29, 0.717) is 46.8 Å². The third-order valence-corrected chi connectivity index (χ3v) is 5.16. The molecule has 2 aliphatic heterocycles. The van der Waals surface area contributed by atoms with Crippen LogP contribution in [0.4, 0.5) is 4.79 Å². The van der Waals surface area contributed by atoms with E-state index in [2.05, 4.69) is 0 Å². The van der Waals surface area contributed by atoms with Gasteiger partial charge in [0.1, 0.15) is 0 Å². The maximum atomic E-state index is 12.5. The first-order chi connectivity index (χ1) is 11.1. The average molecular weight is 373 g/mol. The van der Waals surface area contributed by atoms with Gasteiger partial charge in [-0.1, -0.05) is 29.3 Å². The van der Waals surface area contributed by atoms with Crippen molar-refractivity contribution in [1.29, 1.82) is 0 Å². The molecule has 0 atom stereocenters. The summed E-state index contributed by atoms with van der Waals surface area (Å²) in [6.07, 6.45) is 1.58. The van der Waals surface area contributed by atoms with Gasteiger partial charge >= 0.3 is 0 Å². The van der Waals surface area contributed by atoms with Crippen molar-refractivity contribution in [3.8, 4) is 0 Å². The number of hydrogen-bond donors (Lipinski definition) is 0. The zero-order valence-electron chi connectivity index (χ0n) is 12.1. The van der Waals surface area contributed by atoms with Gasteiger partial charge in [0, 0.05) is 28.7 Å². The zero-order chi connectivity index (χ0) is 16.4. The Labute approximate surface area is 148 Å². The lowest BCUT2D eigenvalue weighted by Crippen LogP contribution is -2.45. The Morgan fingerprint density at radius 2 is 1.83 bits per heavy atom. The molecule has 2 saturated heterocycles. The molecule has 0 radical (unpaired) electrons. The number of imide groups is 1. The first kappa shape index (κ1) is 16.8. The molecule has 0 unspecified atom stereocenters. The number of rotatable bonds is 3. The SMILES string of the molecule is O=C1SC(=Cc2c(Cl)cccc2Cl)C(=O)N1CN1CCOCC1. The van der Waals surface area contributed by atoms with Crippen molar-refractivity contribution >= 4 is 52.2 Å². The predicted molar refractivity (Wildman–Crippen MR) is 91.5 cm³/mol. The largest absolute Gasteiger partial charge is 0.379 e. The lowest BCUT2D eigenvalue weighted by atomic mass is 10.2. The maximum Gasteiger partial charge on any atom is 0.294 e. The van der Waals surface area contributed by atoms with Gasteiger partial charge in [0.05, 0.1) is 24.8 Å². The number of nitrogens with zero attached hydrogens (tertiary/aromatic N) is 2. The van der Waals surface area contributed by atoms with Crippen LogP contribution in [0.2, 0.25) is 10.0 Å². The molecule has 0 aliphatic carbocycles. The third kappa shape index (κ3) is 3.72. The standard InChI is InChI=1S/C15H14Cl2N2O3S/c16-11-2-1-3-12(17)10(11)8-13-14(20)19(15(21)23-13)9-18-4-6-22-7-5-18/h1-3,8H,4-7,9H2. The minimum absolute atomic E-state index is 0.279. The van der Waals surface area contributed by atoms with Gasteiger partial charge < -0.3 is 4.74 Å². The van der Waals surface area contributed by atoms with Gasteiger partial charge in [0.2, 0.25) is 0 Å². The van der Waals surface area contributed by atoms with E-state index in [1.807, 2.05) is 4.90 Å². The highest BCUT2D eigenvalue weighted by molar-refractivity contribution is 8.18. The van der Waals surface area contributed by atoms with Crippen LogP contribution in [0.25, 0.3) is 6.08 Å². The summed E-state index contributed by atoms with van der Waals surface area (Å²) in [7, 11) is 0. The summed E-state index contributed by atoms with van der Waals surface area (Å²) in [4.78, 5) is 28.2. The van der Waals surface area contributed by atoms with E-state index in [1.165, 1.54) is 4.90 Å². The monoisotopic (exact) mass is 372 g/mol. The van der Waals surface area contributed by atoms with E-state index < -0.39 is 0 Å². The Morgan fingerprint density at radius 3 is 2.48 bits per heavy atom. The summed E-state index contributed by atoms with van der Waals surface area (Å²) in [5.74, 6) is -0.317. The Kier molecular flexibility index (Phi) is 5.28. The average Bonchev–Trinajstić information content (AvgIpc) is 2.80. The predicted octanol–water partition coefficient (Wildman–Crippen LogP) is 3.32. The second-order valence-electron chi connectivity index (χ2n) is 5.12. The molecule has 0 aromatic heterocycles. The Bertz CT molecular complexity index is 654. The number of thioether (sulfide) groups is 1. The van der Waals surface area contributed by atoms with Crippen molar-refractivity contribution in [2.24, 2.45) is 0 Å². The van der Waals surface area contributed by atoms with Crippen molar-refractivity contribution in [1.82, 2.24) is 9.80 Å². The smallest absolute Gasteiger partial charge is 0.294 e. The van der Waals surface area contributed by atoms with Crippen molar-refractivity contribution in [3.05, 3.63) is 38.7 Å². The quantitative estimate of drug-likeness (QED) is 0.761. The van der Waals surface area contributed by atoms with Crippen molar-refractivity contribution in [2.45, 2.75) is 0 Å². The number of amides is 2. The second kappa shape index (κ2) is 7.23. The molecular weight excluding hydrogens is 359 g/mol. The van der Waals surface area contributed by atoms with Crippen LogP contribution in [0.5, 0.6) is 0 Å². The van der Waals surface area contributed by atoms with Crippen LogP contribution in [-0.4, -0.2) is 53.9 Å². The molecule has 1 aromatic carbocycles. The third-order valence-electron chi connectivity index (χ3n) is 3.59. The number of carbonyl (C=O) groups is 2. The van der Waals surface area contributed by atoms with Crippen molar-refractivity contribution < 1.29 is 14.3 Å². The number of hydrogen-bond acceptors (Lipinski definition) is 5. The van der Waals surface area contributed by atoms with Gasteiger partial charge in [-0.2, -0.15) is 0 Å². The first-order valence-corrected chi connectivity index (χ1v) is 8.63. The first-order valence-electron chi connectivity index (χ1n) is 7.06. The topological polar surface area (TPSA) is 49.9 Å². The molecule has 122 valence electrons. The van der Waals surface area contributed by atoms with Crippen LogP contribution in [0.15, 0.2) is 23.1 Å². The minimum Gasteiger partial charge on any atom is -0.379 e. The van der Waals surface area contributed by atoms with Gasteiger partial charge in [-0.25, -0.2) is 0 Å². The van der Waals surface area contributed by atoms with E-state index in [4.69, 9.17) is 27.9 Å². The molecule has 0 saturated carbocycles. The molecule has 5 nitrogen and oxygen atoms in total. The van der Waals surface area contributed by atoms with Crippen LogP contribution in [-0.2, 0) is 9.53 Å². The van der Waals surface area contributed by atoms with Crippen molar-refractivity contribution in [3.63, 3.8) is 0 Å². The number of carbonyl (C=O) groups excluding carboxylic acids is 2. The Hall–Kier alpha value is -1.05. The molecule has 2 amide bonds. The molecule has 3 rings (SSSR count). The molecule has 2 fully saturated rings. The van der Waals surface area contributed by atoms with Gasteiger partial charge in [0.25, 0.3) is 11.1 Å². The van der Waals surface area contributed by atoms with E-state index in [1.54, 1.807) is 24.3 Å². The van der Waals surface area contributed by atoms with E-state index >= 15 is 0 Å². The number of ether oxygens (including phenoxy) is 1. The van der Waals surface area contributed by atoms with E-state index in [-0.39, 0.29) is 17.8 Å². The highest BCUT2D eigenvalue weighted by Crippen LogP contribution is 2.35. The van der Waals surface area contributed by atoms with Crippen LogP contribution < -0.4 is 0 Å². The molecule has 8 heteroatoms. The maximum absolute atomic E-state index is 12.5. The molecule has 23 heavy (non-hydrogen) atoms. The fourth-order valence-electron chi connectivity index (χ4n) is 2.34. The summed E-state index contributed by atoms with van der Waals surface area (Å²) in [5.41, 5.74) is 0.549. The second-order valence-corrected chi connectivity index (χ2v) is 6.92. The lowest BCUT2D eigenvalue weighted by Gasteiger charge is -2.29. The summed E-state index contributed by atoms with van der Waals surface area (Å²) < 4.78 is 5.27. The fourth-order valence-corrected chi connectivity index (χ4v) is 3.66. The molecular formula is C15H14Cl2N2O3S. The van der Waals surface area contributed by atoms with Crippen LogP contribution >= 0.6 is 35.0 Å². The van der Waals surface area contributed by atoms with Gasteiger partial charge in [0.15, 0.2) is 0 Å². The molecule has 2 heterocycles. The summed E-state index contributed by atoms with van der Waals surface area (Å²) in [6.45, 7) is 2.92. The van der Waals surface area contributed by atoms with Gasteiger partial charge in [-0.15, -0.1) is 0 Å². The summed E-state index contributed by atoms with van der Waals surface area (Å²) >= 11 is 13.1. The summed E-state index contributed by atoms with van der Waals surface area (Å²) in [6, 6.07) is 5.11. The fraction of sp³-hybridized carbons (Fsp3) is 0.333. The zero-order valence-corrected chi connectivity index (χ0v) is 14.5. The van der Waals surface area contributed by atoms with E-state index in [0.717, 1.165) is 11.8 Å². The number of halogens is 2. The van der Waals surface area contributed by atoms with Gasteiger partial charge in [-0.05, 0) is 30.0 Å². The van der Waals surface area contributed by atoms with Crippen LogP contribution in [0, 0.1) is 0 Å². The van der Waals surface area contributed by atoms with Crippen LogP contribution in [0.3, 0.4) is 0 Å². The van der Waals surface area contributed by atoms with Crippen LogP contribution in [0.1, 0.15) is 5.56 Å². The Balaban J connectivity index is 1.79.